The van der Waals surface area contributed by atoms with Crippen LogP contribution in [0.3, 0.4) is 0 Å². The zero-order chi connectivity index (χ0) is 15.9. The number of aromatic nitrogens is 2. The van der Waals surface area contributed by atoms with E-state index in [-0.39, 0.29) is 0 Å². The van der Waals surface area contributed by atoms with E-state index in [1.54, 1.807) is 38.5 Å². The first-order valence-corrected chi connectivity index (χ1v) is 7.16. The number of hydrogen-bond donors (Lipinski definition) is 0. The van der Waals surface area contributed by atoms with Crippen LogP contribution in [0.1, 0.15) is 0 Å². The van der Waals surface area contributed by atoms with Gasteiger partial charge in [-0.05, 0) is 12.1 Å². The van der Waals surface area contributed by atoms with Crippen molar-refractivity contribution >= 4 is 45.0 Å². The van der Waals surface area contributed by atoms with Gasteiger partial charge in [0.15, 0.2) is 7.11 Å². The minimum absolute atomic E-state index is 0.497. The van der Waals surface area contributed by atoms with Crippen LogP contribution in [0.4, 0.5) is 0 Å². The van der Waals surface area contributed by atoms with Crippen molar-refractivity contribution in [2.24, 2.45) is 0 Å². The van der Waals surface area contributed by atoms with Crippen LogP contribution in [-0.4, -0.2) is 26.4 Å². The number of rotatable bonds is 3. The summed E-state index contributed by atoms with van der Waals surface area (Å²) in [4.78, 5) is 6.72. The van der Waals surface area contributed by atoms with Gasteiger partial charge in [-0.25, -0.2) is 4.84 Å². The van der Waals surface area contributed by atoms with Crippen molar-refractivity contribution in [1.82, 2.24) is 5.10 Å². The molecule has 0 saturated heterocycles. The van der Waals surface area contributed by atoms with E-state index in [9.17, 15) is 0 Å². The second-order valence-electron chi connectivity index (χ2n) is 4.56. The van der Waals surface area contributed by atoms with Gasteiger partial charge in [0, 0.05) is 11.5 Å². The molecule has 0 amide bonds. The Labute approximate surface area is 136 Å². The molecule has 1 aromatic heterocycles. The molecule has 2 aromatic carbocycles. The highest BCUT2D eigenvalue weighted by Gasteiger charge is 2.21. The topological polar surface area (TPSA) is 44.5 Å². The van der Waals surface area contributed by atoms with Crippen LogP contribution in [0.25, 0.3) is 21.8 Å². The number of ether oxygens (including phenoxy) is 2. The second-order valence-corrected chi connectivity index (χ2v) is 5.38. The van der Waals surface area contributed by atoms with Crippen molar-refractivity contribution in [3.05, 3.63) is 34.3 Å². The molecule has 0 atom stereocenters. The van der Waals surface area contributed by atoms with Gasteiger partial charge in [-0.15, -0.1) is 0 Å². The molecule has 0 N–H and O–H groups in total. The first-order chi connectivity index (χ1) is 10.6. The van der Waals surface area contributed by atoms with Gasteiger partial charge in [0.05, 0.1) is 40.8 Å². The van der Waals surface area contributed by atoms with Crippen molar-refractivity contribution < 1.29 is 19.2 Å². The Bertz CT molecular complexity index is 884. The summed E-state index contributed by atoms with van der Waals surface area (Å²) >= 11 is 12.5. The lowest BCUT2D eigenvalue weighted by Crippen LogP contribution is -2.45. The fourth-order valence-electron chi connectivity index (χ4n) is 2.36. The number of nitrogens with zero attached hydrogens (tertiary/aromatic N) is 2. The predicted molar refractivity (Wildman–Crippen MR) is 85.1 cm³/mol. The van der Waals surface area contributed by atoms with E-state index in [1.165, 1.54) is 12.0 Å². The van der Waals surface area contributed by atoms with E-state index in [0.29, 0.717) is 27.1 Å². The fourth-order valence-corrected chi connectivity index (χ4v) is 2.84. The maximum absolute atomic E-state index is 6.24. The van der Waals surface area contributed by atoms with E-state index < -0.39 is 0 Å². The molecule has 0 bridgehead atoms. The van der Waals surface area contributed by atoms with Crippen LogP contribution in [0, 0.1) is 0 Å². The highest BCUT2D eigenvalue weighted by atomic mass is 35.5. The molecule has 7 heteroatoms. The van der Waals surface area contributed by atoms with E-state index in [1.807, 2.05) is 0 Å². The summed E-state index contributed by atoms with van der Waals surface area (Å²) < 4.78 is 10.5. The lowest BCUT2D eigenvalue weighted by molar-refractivity contribution is -0.908. The molecular formula is C15H13Cl2N2O3+. The largest absolute Gasteiger partial charge is 0.495 e. The number of fused-ring (bicyclic) bond motifs is 3. The zero-order valence-corrected chi connectivity index (χ0v) is 13.7. The second kappa shape index (κ2) is 5.66. The number of hydrogen-bond acceptors (Lipinski definition) is 4. The van der Waals surface area contributed by atoms with Crippen LogP contribution < -0.4 is 19.2 Å². The molecule has 0 aliphatic heterocycles. The zero-order valence-electron chi connectivity index (χ0n) is 12.2. The molecule has 0 radical (unpaired) electrons. The van der Waals surface area contributed by atoms with Gasteiger partial charge in [-0.2, -0.15) is 0 Å². The lowest BCUT2D eigenvalue weighted by Gasteiger charge is -2.07. The SMILES string of the molecule is COc1cc2n[n+](OC)c3cc(OC)c(Cl)cc3c2cc1Cl. The molecule has 0 saturated carbocycles. The van der Waals surface area contributed by atoms with Crippen LogP contribution in [0.15, 0.2) is 24.3 Å². The minimum atomic E-state index is 0.497. The third kappa shape index (κ3) is 2.26. The monoisotopic (exact) mass is 339 g/mol. The van der Waals surface area contributed by atoms with Crippen molar-refractivity contribution in [3.8, 4) is 11.5 Å². The van der Waals surface area contributed by atoms with Crippen LogP contribution >= 0.6 is 23.2 Å². The van der Waals surface area contributed by atoms with Crippen LogP contribution in [0.2, 0.25) is 10.0 Å². The normalized spacial score (nSPS) is 11.0. The standard InChI is InChI=1S/C15H13Cl2N2O3/c1-20-14-6-12-8(4-10(14)16)9-5-11(17)15(21-2)7-13(9)19(18-12)22-3/h4-7H,1-3H3/q+1. The number of benzene rings is 2. The van der Waals surface area contributed by atoms with E-state index >= 15 is 0 Å². The quantitative estimate of drug-likeness (QED) is 0.543. The summed E-state index contributed by atoms with van der Waals surface area (Å²) in [7, 11) is 4.65. The molecule has 3 rings (SSSR count). The Morgan fingerprint density at radius 1 is 0.864 bits per heavy atom. The average molecular weight is 340 g/mol. The first-order valence-electron chi connectivity index (χ1n) is 6.40. The average Bonchev–Trinajstić information content (AvgIpc) is 2.53. The molecule has 0 fully saturated rings. The molecule has 5 nitrogen and oxygen atoms in total. The molecular weight excluding hydrogens is 327 g/mol. The Hall–Kier alpha value is -1.98. The molecule has 22 heavy (non-hydrogen) atoms. The van der Waals surface area contributed by atoms with Gasteiger partial charge >= 0.3 is 5.52 Å². The van der Waals surface area contributed by atoms with E-state index in [4.69, 9.17) is 37.5 Å². The molecule has 114 valence electrons. The summed E-state index contributed by atoms with van der Waals surface area (Å²) in [5.41, 5.74) is 1.40. The van der Waals surface area contributed by atoms with Crippen LogP contribution in [-0.2, 0) is 0 Å². The first kappa shape index (κ1) is 14.9. The number of halogens is 2. The molecule has 1 heterocycles. The van der Waals surface area contributed by atoms with Gasteiger partial charge in [0.1, 0.15) is 21.9 Å². The minimum Gasteiger partial charge on any atom is -0.495 e. The maximum atomic E-state index is 6.24. The third-order valence-corrected chi connectivity index (χ3v) is 4.00. The summed E-state index contributed by atoms with van der Waals surface area (Å²) in [6.45, 7) is 0. The van der Waals surface area contributed by atoms with Gasteiger partial charge in [-0.3, -0.25) is 0 Å². The highest BCUT2D eigenvalue weighted by molar-refractivity contribution is 6.34. The Kier molecular flexibility index (Phi) is 3.85. The molecule has 3 aromatic rings. The third-order valence-electron chi connectivity index (χ3n) is 3.41. The fraction of sp³-hybridized carbons (Fsp3) is 0.200. The smallest absolute Gasteiger partial charge is 0.301 e. The number of methoxy groups -OCH3 is 2. The Morgan fingerprint density at radius 3 is 2.05 bits per heavy atom. The Morgan fingerprint density at radius 2 is 1.45 bits per heavy atom. The van der Waals surface area contributed by atoms with Crippen molar-refractivity contribution in [2.75, 3.05) is 21.3 Å². The Balaban J connectivity index is 2.48. The van der Waals surface area contributed by atoms with Gasteiger partial charge in [0.25, 0.3) is 0 Å². The summed E-state index contributed by atoms with van der Waals surface area (Å²) in [6, 6.07) is 7.13. The summed E-state index contributed by atoms with van der Waals surface area (Å²) in [5.74, 6) is 1.09. The molecule has 0 aliphatic carbocycles. The van der Waals surface area contributed by atoms with E-state index in [2.05, 4.69) is 5.10 Å². The molecule has 0 unspecified atom stereocenters. The van der Waals surface area contributed by atoms with Crippen molar-refractivity contribution in [2.45, 2.75) is 0 Å². The van der Waals surface area contributed by atoms with Gasteiger partial charge in [0.2, 0.25) is 0 Å². The van der Waals surface area contributed by atoms with Gasteiger partial charge < -0.3 is 9.47 Å². The summed E-state index contributed by atoms with van der Waals surface area (Å²) in [6.07, 6.45) is 0. The van der Waals surface area contributed by atoms with Crippen LogP contribution in [0.5, 0.6) is 11.5 Å². The highest BCUT2D eigenvalue weighted by Crippen LogP contribution is 2.35. The summed E-state index contributed by atoms with van der Waals surface area (Å²) in [5, 5.41) is 7.13. The van der Waals surface area contributed by atoms with Gasteiger partial charge in [-0.1, -0.05) is 23.2 Å². The van der Waals surface area contributed by atoms with Crippen molar-refractivity contribution in [1.29, 1.82) is 0 Å². The lowest BCUT2D eigenvalue weighted by atomic mass is 10.1. The van der Waals surface area contributed by atoms with Crippen molar-refractivity contribution in [3.63, 3.8) is 0 Å². The van der Waals surface area contributed by atoms with E-state index in [0.717, 1.165) is 16.3 Å². The predicted octanol–water partition coefficient (Wildman–Crippen LogP) is 3.06. The maximum Gasteiger partial charge on any atom is 0.301 e. The molecule has 0 spiro atoms. The molecule has 0 aliphatic rings.